The fourth-order valence-electron chi connectivity index (χ4n) is 1.48. The first kappa shape index (κ1) is 12.2. The van der Waals surface area contributed by atoms with Crippen LogP contribution in [0.2, 0.25) is 0 Å². The normalized spacial score (nSPS) is 18.7. The molecule has 0 radical (unpaired) electrons. The monoisotopic (exact) mass is 211 g/mol. The van der Waals surface area contributed by atoms with Gasteiger partial charge >= 0.3 is 0 Å². The van der Waals surface area contributed by atoms with Gasteiger partial charge in [-0.05, 0) is 26.3 Å². The van der Waals surface area contributed by atoms with E-state index in [0.717, 1.165) is 44.1 Å². The number of ether oxygens (including phenoxy) is 2. The molecule has 0 amide bonds. The van der Waals surface area contributed by atoms with Gasteiger partial charge in [-0.25, -0.2) is 4.99 Å². The topological polar surface area (TPSA) is 30.8 Å². The Bertz CT molecular complexity index is 236. The van der Waals surface area contributed by atoms with Crippen LogP contribution < -0.4 is 0 Å². The van der Waals surface area contributed by atoms with E-state index in [2.05, 4.69) is 11.9 Å². The molecule has 0 atom stereocenters. The van der Waals surface area contributed by atoms with Crippen LogP contribution in [0.15, 0.2) is 17.0 Å². The minimum Gasteiger partial charge on any atom is -0.474 e. The van der Waals surface area contributed by atoms with E-state index in [9.17, 15) is 0 Å². The van der Waals surface area contributed by atoms with Crippen LogP contribution in [0, 0.1) is 0 Å². The van der Waals surface area contributed by atoms with Crippen molar-refractivity contribution in [3.05, 3.63) is 12.0 Å². The third-order valence-corrected chi connectivity index (χ3v) is 2.17. The lowest BCUT2D eigenvalue weighted by atomic mass is 10.1. The summed E-state index contributed by atoms with van der Waals surface area (Å²) in [5.41, 5.74) is 1.03. The van der Waals surface area contributed by atoms with E-state index in [1.54, 1.807) is 0 Å². The van der Waals surface area contributed by atoms with Crippen molar-refractivity contribution < 1.29 is 9.47 Å². The second kappa shape index (κ2) is 6.62. The summed E-state index contributed by atoms with van der Waals surface area (Å²) in [5.74, 6) is 0.768. The number of nitrogens with zero attached hydrogens (tertiary/aromatic N) is 1. The maximum atomic E-state index is 5.84. The van der Waals surface area contributed by atoms with Crippen molar-refractivity contribution in [1.29, 1.82) is 0 Å². The number of rotatable bonds is 4. The molecule has 1 saturated heterocycles. The van der Waals surface area contributed by atoms with Crippen molar-refractivity contribution in [2.24, 2.45) is 4.99 Å². The lowest BCUT2D eigenvalue weighted by Crippen LogP contribution is -2.23. The van der Waals surface area contributed by atoms with Gasteiger partial charge in [0.05, 0.1) is 13.2 Å². The average molecular weight is 211 g/mol. The Morgan fingerprint density at radius 3 is 2.60 bits per heavy atom. The van der Waals surface area contributed by atoms with Crippen molar-refractivity contribution in [1.82, 2.24) is 0 Å². The highest BCUT2D eigenvalue weighted by Crippen LogP contribution is 2.16. The van der Waals surface area contributed by atoms with Gasteiger partial charge in [-0.1, -0.05) is 6.92 Å². The van der Waals surface area contributed by atoms with Gasteiger partial charge in [0.2, 0.25) is 5.88 Å². The summed E-state index contributed by atoms with van der Waals surface area (Å²) in [6, 6.07) is 0. The molecule has 0 bridgehead atoms. The Morgan fingerprint density at radius 1 is 1.40 bits per heavy atom. The summed E-state index contributed by atoms with van der Waals surface area (Å²) in [6.07, 6.45) is 5.20. The molecule has 0 aliphatic carbocycles. The SMILES string of the molecule is CC/C=C(\N=C(C)C)OC1CCOCC1. The van der Waals surface area contributed by atoms with Gasteiger partial charge in [-0.3, -0.25) is 0 Å². The van der Waals surface area contributed by atoms with Crippen LogP contribution in [-0.2, 0) is 9.47 Å². The van der Waals surface area contributed by atoms with E-state index in [-0.39, 0.29) is 6.10 Å². The highest BCUT2D eigenvalue weighted by Gasteiger charge is 2.15. The lowest BCUT2D eigenvalue weighted by Gasteiger charge is -2.23. The molecular weight excluding hydrogens is 190 g/mol. The van der Waals surface area contributed by atoms with Crippen molar-refractivity contribution in [3.63, 3.8) is 0 Å². The van der Waals surface area contributed by atoms with Gasteiger partial charge < -0.3 is 9.47 Å². The van der Waals surface area contributed by atoms with Crippen LogP contribution in [0.1, 0.15) is 40.0 Å². The van der Waals surface area contributed by atoms with Crippen LogP contribution >= 0.6 is 0 Å². The predicted octanol–water partition coefficient (Wildman–Crippen LogP) is 2.91. The van der Waals surface area contributed by atoms with E-state index >= 15 is 0 Å². The summed E-state index contributed by atoms with van der Waals surface area (Å²) in [4.78, 5) is 4.38. The highest BCUT2D eigenvalue weighted by atomic mass is 16.5. The summed E-state index contributed by atoms with van der Waals surface area (Å²) in [5, 5.41) is 0. The standard InChI is InChI=1S/C12H21NO2/c1-4-5-12(13-10(2)3)15-11-6-8-14-9-7-11/h5,11H,4,6-9H2,1-3H3/b12-5+. The zero-order valence-corrected chi connectivity index (χ0v) is 9.95. The molecule has 0 unspecified atom stereocenters. The molecule has 0 saturated carbocycles. The molecular formula is C12H21NO2. The van der Waals surface area contributed by atoms with Crippen LogP contribution in [0.3, 0.4) is 0 Å². The van der Waals surface area contributed by atoms with Gasteiger partial charge in [0, 0.05) is 18.6 Å². The van der Waals surface area contributed by atoms with Gasteiger partial charge in [0.25, 0.3) is 0 Å². The number of aliphatic imine (C=N–C) groups is 1. The minimum absolute atomic E-state index is 0.277. The molecule has 15 heavy (non-hydrogen) atoms. The summed E-state index contributed by atoms with van der Waals surface area (Å²) < 4.78 is 11.1. The van der Waals surface area contributed by atoms with Gasteiger partial charge in [-0.2, -0.15) is 0 Å². The molecule has 0 spiro atoms. The molecule has 0 N–H and O–H groups in total. The summed E-state index contributed by atoms with van der Waals surface area (Å²) in [7, 11) is 0. The average Bonchev–Trinajstić information content (AvgIpc) is 2.18. The predicted molar refractivity (Wildman–Crippen MR) is 62.1 cm³/mol. The molecule has 0 aromatic rings. The molecule has 3 heteroatoms. The first-order valence-corrected chi connectivity index (χ1v) is 5.68. The molecule has 1 aliphatic rings. The lowest BCUT2D eigenvalue weighted by molar-refractivity contribution is -0.00456. The zero-order chi connectivity index (χ0) is 11.1. The Morgan fingerprint density at radius 2 is 2.07 bits per heavy atom. The molecule has 86 valence electrons. The molecule has 0 aromatic carbocycles. The molecule has 3 nitrogen and oxygen atoms in total. The van der Waals surface area contributed by atoms with E-state index in [0.29, 0.717) is 0 Å². The van der Waals surface area contributed by atoms with Gasteiger partial charge in [0.1, 0.15) is 6.10 Å². The zero-order valence-electron chi connectivity index (χ0n) is 9.95. The van der Waals surface area contributed by atoms with E-state index in [1.165, 1.54) is 0 Å². The second-order valence-electron chi connectivity index (χ2n) is 3.94. The maximum Gasteiger partial charge on any atom is 0.209 e. The van der Waals surface area contributed by atoms with E-state index in [1.807, 2.05) is 19.9 Å². The second-order valence-corrected chi connectivity index (χ2v) is 3.94. The van der Waals surface area contributed by atoms with Crippen LogP contribution in [0.4, 0.5) is 0 Å². The van der Waals surface area contributed by atoms with E-state index in [4.69, 9.17) is 9.47 Å². The maximum absolute atomic E-state index is 5.84. The largest absolute Gasteiger partial charge is 0.474 e. The number of hydrogen-bond donors (Lipinski definition) is 0. The Kier molecular flexibility index (Phi) is 5.40. The molecule has 0 aromatic heterocycles. The first-order valence-electron chi connectivity index (χ1n) is 5.68. The van der Waals surface area contributed by atoms with Crippen LogP contribution in [0.5, 0.6) is 0 Å². The van der Waals surface area contributed by atoms with Crippen molar-refractivity contribution in [3.8, 4) is 0 Å². The summed E-state index contributed by atoms with van der Waals surface area (Å²) >= 11 is 0. The van der Waals surface area contributed by atoms with Crippen molar-refractivity contribution in [2.75, 3.05) is 13.2 Å². The fraction of sp³-hybridized carbons (Fsp3) is 0.750. The van der Waals surface area contributed by atoms with Gasteiger partial charge in [0.15, 0.2) is 0 Å². The third-order valence-electron chi connectivity index (χ3n) is 2.17. The highest BCUT2D eigenvalue weighted by molar-refractivity contribution is 5.79. The minimum atomic E-state index is 0.277. The first-order chi connectivity index (χ1) is 7.22. The van der Waals surface area contributed by atoms with Crippen molar-refractivity contribution >= 4 is 5.71 Å². The Hall–Kier alpha value is -0.830. The third kappa shape index (κ3) is 4.98. The molecule has 1 heterocycles. The number of hydrogen-bond acceptors (Lipinski definition) is 3. The molecule has 1 fully saturated rings. The fourth-order valence-corrected chi connectivity index (χ4v) is 1.48. The van der Waals surface area contributed by atoms with Crippen LogP contribution in [0.25, 0.3) is 0 Å². The van der Waals surface area contributed by atoms with Crippen LogP contribution in [-0.4, -0.2) is 25.0 Å². The van der Waals surface area contributed by atoms with E-state index < -0.39 is 0 Å². The van der Waals surface area contributed by atoms with Crippen molar-refractivity contribution in [2.45, 2.75) is 46.1 Å². The smallest absolute Gasteiger partial charge is 0.209 e. The quantitative estimate of drug-likeness (QED) is 0.529. The molecule has 1 rings (SSSR count). The number of allylic oxidation sites excluding steroid dienone is 1. The Balaban J connectivity index is 2.50. The molecule has 1 aliphatic heterocycles. The van der Waals surface area contributed by atoms with Gasteiger partial charge in [-0.15, -0.1) is 0 Å². The Labute approximate surface area is 92.2 Å². The summed E-state index contributed by atoms with van der Waals surface area (Å²) in [6.45, 7) is 7.67.